The van der Waals surface area contributed by atoms with E-state index >= 15 is 0 Å². The molecule has 4 aromatic rings. The summed E-state index contributed by atoms with van der Waals surface area (Å²) < 4.78 is 9.44. The zero-order valence-corrected chi connectivity index (χ0v) is 18.9. The topological polar surface area (TPSA) is 89.8 Å². The number of rotatable bonds is 7. The highest BCUT2D eigenvalue weighted by atomic mass is 32.1. The first-order chi connectivity index (χ1) is 15.5. The molecule has 4 rings (SSSR count). The molecule has 0 unspecified atom stereocenters. The molecule has 2 heterocycles. The SMILES string of the molecule is CCn1c(CNC(=O)c2cn(-c3ccc(C)cc3)nc2-c2cccc(OC)c2)n[nH]c1=S. The van der Waals surface area contributed by atoms with Crippen molar-refractivity contribution in [1.82, 2.24) is 29.9 Å². The number of methoxy groups -OCH3 is 1. The molecule has 1 amide bonds. The number of carbonyl (C=O) groups excluding carboxylic acids is 1. The summed E-state index contributed by atoms with van der Waals surface area (Å²) in [5, 5.41) is 14.6. The first-order valence-corrected chi connectivity index (χ1v) is 10.6. The van der Waals surface area contributed by atoms with Crippen LogP contribution in [0.4, 0.5) is 0 Å². The van der Waals surface area contributed by atoms with Gasteiger partial charge in [0.05, 0.1) is 24.9 Å². The van der Waals surface area contributed by atoms with Gasteiger partial charge in [-0.05, 0) is 50.3 Å². The Balaban J connectivity index is 1.70. The number of hydrogen-bond donors (Lipinski definition) is 2. The second-order valence-electron chi connectivity index (χ2n) is 7.28. The largest absolute Gasteiger partial charge is 0.497 e. The Morgan fingerprint density at radius 2 is 2.00 bits per heavy atom. The average Bonchev–Trinajstić information content (AvgIpc) is 3.41. The first kappa shape index (κ1) is 21.5. The second-order valence-corrected chi connectivity index (χ2v) is 7.66. The molecular formula is C23H24N6O2S. The number of benzene rings is 2. The predicted octanol–water partition coefficient (Wildman–Crippen LogP) is 4.06. The zero-order valence-electron chi connectivity index (χ0n) is 18.1. The number of amides is 1. The fraction of sp³-hybridized carbons (Fsp3) is 0.217. The number of carbonyl (C=O) groups is 1. The summed E-state index contributed by atoms with van der Waals surface area (Å²) in [5.41, 5.74) is 3.82. The normalized spacial score (nSPS) is 10.8. The fourth-order valence-electron chi connectivity index (χ4n) is 3.42. The molecule has 164 valence electrons. The maximum absolute atomic E-state index is 13.2. The average molecular weight is 449 g/mol. The van der Waals surface area contributed by atoms with E-state index in [9.17, 15) is 4.79 Å². The molecule has 9 heteroatoms. The van der Waals surface area contributed by atoms with E-state index in [0.717, 1.165) is 16.8 Å². The minimum atomic E-state index is -0.252. The van der Waals surface area contributed by atoms with E-state index in [1.807, 2.05) is 66.9 Å². The van der Waals surface area contributed by atoms with Crippen molar-refractivity contribution >= 4 is 18.1 Å². The standard InChI is InChI=1S/C23H24N6O2S/c1-4-28-20(25-26-23(28)32)13-24-22(30)19-14-29(17-10-8-15(2)9-11-17)27-21(19)16-6-5-7-18(12-16)31-3/h5-12,14H,4,13H2,1-3H3,(H,24,30)(H,26,32). The van der Waals surface area contributed by atoms with Crippen LogP contribution in [0, 0.1) is 11.7 Å². The fourth-order valence-corrected chi connectivity index (χ4v) is 3.70. The van der Waals surface area contributed by atoms with Crippen molar-refractivity contribution in [3.05, 3.63) is 76.5 Å². The number of H-pyrrole nitrogens is 1. The molecule has 0 spiro atoms. The quantitative estimate of drug-likeness (QED) is 0.416. The maximum Gasteiger partial charge on any atom is 0.255 e. The van der Waals surface area contributed by atoms with Crippen molar-refractivity contribution in [2.45, 2.75) is 26.9 Å². The summed E-state index contributed by atoms with van der Waals surface area (Å²) in [4.78, 5) is 13.2. The molecule has 0 saturated heterocycles. The van der Waals surface area contributed by atoms with Gasteiger partial charge in [-0.3, -0.25) is 9.89 Å². The van der Waals surface area contributed by atoms with E-state index in [1.165, 1.54) is 0 Å². The summed E-state index contributed by atoms with van der Waals surface area (Å²) >= 11 is 5.23. The van der Waals surface area contributed by atoms with Crippen LogP contribution in [0.2, 0.25) is 0 Å². The van der Waals surface area contributed by atoms with E-state index < -0.39 is 0 Å². The molecule has 0 aliphatic rings. The van der Waals surface area contributed by atoms with E-state index in [2.05, 4.69) is 15.5 Å². The summed E-state index contributed by atoms with van der Waals surface area (Å²) in [6, 6.07) is 15.5. The molecule has 2 aromatic carbocycles. The number of ether oxygens (including phenoxy) is 1. The van der Waals surface area contributed by atoms with Gasteiger partial charge in [-0.15, -0.1) is 0 Å². The van der Waals surface area contributed by atoms with E-state index in [-0.39, 0.29) is 12.5 Å². The summed E-state index contributed by atoms with van der Waals surface area (Å²) in [6.45, 7) is 4.91. The number of hydrogen-bond acceptors (Lipinski definition) is 5. The highest BCUT2D eigenvalue weighted by Crippen LogP contribution is 2.27. The molecule has 0 bridgehead atoms. The molecule has 0 fully saturated rings. The van der Waals surface area contributed by atoms with Gasteiger partial charge in [0.2, 0.25) is 0 Å². The van der Waals surface area contributed by atoms with Crippen molar-refractivity contribution in [2.75, 3.05) is 7.11 Å². The van der Waals surface area contributed by atoms with E-state index in [4.69, 9.17) is 22.1 Å². The van der Waals surface area contributed by atoms with Gasteiger partial charge in [0.1, 0.15) is 11.4 Å². The van der Waals surface area contributed by atoms with Crippen molar-refractivity contribution < 1.29 is 9.53 Å². The Morgan fingerprint density at radius 3 is 2.72 bits per heavy atom. The van der Waals surface area contributed by atoms with Gasteiger partial charge in [-0.2, -0.15) is 10.2 Å². The lowest BCUT2D eigenvalue weighted by atomic mass is 10.1. The minimum absolute atomic E-state index is 0.243. The molecule has 2 N–H and O–H groups in total. The number of aromatic amines is 1. The third-order valence-corrected chi connectivity index (χ3v) is 5.47. The van der Waals surface area contributed by atoms with Crippen LogP contribution in [0.15, 0.2) is 54.7 Å². The lowest BCUT2D eigenvalue weighted by Crippen LogP contribution is -2.25. The maximum atomic E-state index is 13.2. The second kappa shape index (κ2) is 9.19. The number of aromatic nitrogens is 5. The first-order valence-electron chi connectivity index (χ1n) is 10.2. The van der Waals surface area contributed by atoms with Crippen LogP contribution in [-0.4, -0.2) is 37.6 Å². The molecule has 0 aliphatic carbocycles. The lowest BCUT2D eigenvalue weighted by molar-refractivity contribution is 0.0950. The van der Waals surface area contributed by atoms with E-state index in [0.29, 0.717) is 34.1 Å². The summed E-state index contributed by atoms with van der Waals surface area (Å²) in [5.74, 6) is 1.11. The molecule has 0 radical (unpaired) electrons. The van der Waals surface area contributed by atoms with Crippen LogP contribution in [0.25, 0.3) is 16.9 Å². The minimum Gasteiger partial charge on any atom is -0.497 e. The monoisotopic (exact) mass is 448 g/mol. The van der Waals surface area contributed by atoms with Crippen molar-refractivity contribution in [3.8, 4) is 22.7 Å². The van der Waals surface area contributed by atoms with E-state index in [1.54, 1.807) is 18.0 Å². The summed E-state index contributed by atoms with van der Waals surface area (Å²) in [7, 11) is 1.61. The van der Waals surface area contributed by atoms with Gasteiger partial charge in [-0.25, -0.2) is 4.68 Å². The Kier molecular flexibility index (Phi) is 6.18. The molecular weight excluding hydrogens is 424 g/mol. The highest BCUT2D eigenvalue weighted by molar-refractivity contribution is 7.71. The number of nitrogens with zero attached hydrogens (tertiary/aromatic N) is 4. The van der Waals surface area contributed by atoms with Crippen LogP contribution in [0.1, 0.15) is 28.7 Å². The van der Waals surface area contributed by atoms with Crippen LogP contribution >= 0.6 is 12.2 Å². The molecule has 0 aliphatic heterocycles. The predicted molar refractivity (Wildman–Crippen MR) is 125 cm³/mol. The van der Waals surface area contributed by atoms with Gasteiger partial charge >= 0.3 is 0 Å². The molecule has 32 heavy (non-hydrogen) atoms. The Morgan fingerprint density at radius 1 is 1.22 bits per heavy atom. The van der Waals surface area contributed by atoms with Crippen LogP contribution in [-0.2, 0) is 13.1 Å². The van der Waals surface area contributed by atoms with Gasteiger partial charge in [0.25, 0.3) is 5.91 Å². The number of aryl methyl sites for hydroxylation is 1. The number of nitrogens with one attached hydrogen (secondary N) is 2. The lowest BCUT2D eigenvalue weighted by Gasteiger charge is -2.07. The smallest absolute Gasteiger partial charge is 0.255 e. The van der Waals surface area contributed by atoms with Gasteiger partial charge in [0.15, 0.2) is 10.6 Å². The summed E-state index contributed by atoms with van der Waals surface area (Å²) in [6.07, 6.45) is 1.74. The Labute approximate surface area is 190 Å². The molecule has 2 aromatic heterocycles. The molecule has 8 nitrogen and oxygen atoms in total. The molecule has 0 atom stereocenters. The van der Waals surface area contributed by atoms with Gasteiger partial charge in [0, 0.05) is 18.3 Å². The Bertz CT molecular complexity index is 1300. The van der Waals surface area contributed by atoms with Crippen molar-refractivity contribution in [3.63, 3.8) is 0 Å². The van der Waals surface area contributed by atoms with Crippen LogP contribution in [0.5, 0.6) is 5.75 Å². The van der Waals surface area contributed by atoms with Gasteiger partial charge < -0.3 is 14.6 Å². The Hall–Kier alpha value is -3.72. The van der Waals surface area contributed by atoms with Crippen LogP contribution < -0.4 is 10.1 Å². The van der Waals surface area contributed by atoms with Crippen LogP contribution in [0.3, 0.4) is 0 Å². The highest BCUT2D eigenvalue weighted by Gasteiger charge is 2.20. The van der Waals surface area contributed by atoms with Gasteiger partial charge in [-0.1, -0.05) is 29.8 Å². The zero-order chi connectivity index (χ0) is 22.7. The third kappa shape index (κ3) is 4.33. The molecule has 0 saturated carbocycles. The van der Waals surface area contributed by atoms with Crippen molar-refractivity contribution in [1.29, 1.82) is 0 Å². The third-order valence-electron chi connectivity index (χ3n) is 5.16. The van der Waals surface area contributed by atoms with Crippen molar-refractivity contribution in [2.24, 2.45) is 0 Å².